The minimum atomic E-state index is -0.719. The van der Waals surface area contributed by atoms with Gasteiger partial charge in [0.2, 0.25) is 5.70 Å². The van der Waals surface area contributed by atoms with Crippen LogP contribution in [0.25, 0.3) is 0 Å². The molecule has 5 nitrogen and oxygen atoms in total. The summed E-state index contributed by atoms with van der Waals surface area (Å²) in [5.41, 5.74) is 2.51. The van der Waals surface area contributed by atoms with Crippen molar-refractivity contribution in [1.82, 2.24) is 0 Å². The summed E-state index contributed by atoms with van der Waals surface area (Å²) in [5.74, 6) is -0.945. The van der Waals surface area contributed by atoms with Gasteiger partial charge in [0.1, 0.15) is 5.76 Å². The van der Waals surface area contributed by atoms with E-state index in [1.165, 1.54) is 14.0 Å². The summed E-state index contributed by atoms with van der Waals surface area (Å²) in [6, 6.07) is 5.66. The van der Waals surface area contributed by atoms with Gasteiger partial charge in [-0.25, -0.2) is 4.79 Å². The normalized spacial score (nSPS) is 12.4. The SMILES string of the molecule is COC(=O)C(N=Nc1ccc(C)cc1C)=C(C)O. The number of ether oxygens (including phenoxy) is 1. The molecule has 0 aromatic heterocycles. The molecule has 1 aromatic rings. The maximum absolute atomic E-state index is 11.3. The number of carbonyl (C=O) groups is 1. The molecule has 1 N–H and O–H groups in total. The van der Waals surface area contributed by atoms with Gasteiger partial charge in [-0.2, -0.15) is 0 Å². The van der Waals surface area contributed by atoms with E-state index < -0.39 is 5.97 Å². The Hall–Kier alpha value is -2.17. The van der Waals surface area contributed by atoms with Crippen LogP contribution in [0.15, 0.2) is 39.9 Å². The van der Waals surface area contributed by atoms with Crippen LogP contribution in [-0.2, 0) is 9.53 Å². The Morgan fingerprint density at radius 2 is 2.00 bits per heavy atom. The molecule has 0 radical (unpaired) electrons. The van der Waals surface area contributed by atoms with Gasteiger partial charge in [-0.1, -0.05) is 17.7 Å². The van der Waals surface area contributed by atoms with E-state index in [2.05, 4.69) is 15.0 Å². The van der Waals surface area contributed by atoms with Gasteiger partial charge in [0.05, 0.1) is 12.8 Å². The van der Waals surface area contributed by atoms with Gasteiger partial charge >= 0.3 is 5.97 Å². The van der Waals surface area contributed by atoms with E-state index in [4.69, 9.17) is 0 Å². The van der Waals surface area contributed by atoms with Gasteiger partial charge in [0.25, 0.3) is 0 Å². The van der Waals surface area contributed by atoms with Crippen LogP contribution < -0.4 is 0 Å². The fraction of sp³-hybridized carbons (Fsp3) is 0.308. The minimum absolute atomic E-state index is 0.197. The van der Waals surface area contributed by atoms with Gasteiger partial charge < -0.3 is 9.84 Å². The Morgan fingerprint density at radius 3 is 2.50 bits per heavy atom. The molecule has 0 saturated carbocycles. The highest BCUT2D eigenvalue weighted by Gasteiger charge is 2.12. The summed E-state index contributed by atoms with van der Waals surface area (Å²) < 4.78 is 4.50. The summed E-state index contributed by atoms with van der Waals surface area (Å²) >= 11 is 0. The Balaban J connectivity index is 3.05. The molecule has 0 fully saturated rings. The van der Waals surface area contributed by atoms with Crippen molar-refractivity contribution < 1.29 is 14.6 Å². The summed E-state index contributed by atoms with van der Waals surface area (Å²) in [7, 11) is 1.22. The van der Waals surface area contributed by atoms with Crippen molar-refractivity contribution in [2.45, 2.75) is 20.8 Å². The molecule has 0 aliphatic heterocycles. The standard InChI is InChI=1S/C13H16N2O3/c1-8-5-6-11(9(2)7-8)14-15-12(10(3)16)13(17)18-4/h5-7,16H,1-4H3. The molecule has 0 spiro atoms. The Morgan fingerprint density at radius 1 is 1.33 bits per heavy atom. The number of aliphatic hydroxyl groups excluding tert-OH is 1. The second-order valence-corrected chi connectivity index (χ2v) is 3.92. The number of esters is 1. The van der Waals surface area contributed by atoms with Gasteiger partial charge in [-0.15, -0.1) is 10.2 Å². The molecule has 1 aromatic carbocycles. The molecule has 0 bridgehead atoms. The van der Waals surface area contributed by atoms with E-state index in [0.717, 1.165) is 11.1 Å². The Kier molecular flexibility index (Phi) is 4.59. The fourth-order valence-electron chi connectivity index (χ4n) is 1.38. The molecule has 0 amide bonds. The molecule has 1 rings (SSSR count). The molecule has 0 saturated heterocycles. The van der Waals surface area contributed by atoms with Crippen LogP contribution in [0.4, 0.5) is 5.69 Å². The third kappa shape index (κ3) is 3.41. The minimum Gasteiger partial charge on any atom is -0.510 e. The molecular formula is C13H16N2O3. The second kappa shape index (κ2) is 5.95. The van der Waals surface area contributed by atoms with Crippen molar-refractivity contribution in [3.8, 4) is 0 Å². The predicted octanol–water partition coefficient (Wildman–Crippen LogP) is 3.35. The van der Waals surface area contributed by atoms with E-state index in [0.29, 0.717) is 5.69 Å². The Labute approximate surface area is 106 Å². The van der Waals surface area contributed by atoms with Crippen LogP contribution >= 0.6 is 0 Å². The highest BCUT2D eigenvalue weighted by Crippen LogP contribution is 2.21. The average Bonchev–Trinajstić information content (AvgIpc) is 2.31. The molecule has 0 heterocycles. The molecule has 0 unspecified atom stereocenters. The highest BCUT2D eigenvalue weighted by atomic mass is 16.5. The maximum Gasteiger partial charge on any atom is 0.362 e. The first-order valence-electron chi connectivity index (χ1n) is 5.43. The van der Waals surface area contributed by atoms with E-state index in [-0.39, 0.29) is 11.5 Å². The zero-order valence-electron chi connectivity index (χ0n) is 10.9. The lowest BCUT2D eigenvalue weighted by atomic mass is 10.1. The third-order valence-corrected chi connectivity index (χ3v) is 2.33. The second-order valence-electron chi connectivity index (χ2n) is 3.92. The number of aliphatic hydroxyl groups is 1. The molecule has 96 valence electrons. The largest absolute Gasteiger partial charge is 0.510 e. The van der Waals surface area contributed by atoms with Crippen molar-refractivity contribution in [3.63, 3.8) is 0 Å². The number of methoxy groups -OCH3 is 1. The number of hydrogen-bond acceptors (Lipinski definition) is 5. The van der Waals surface area contributed by atoms with Gasteiger partial charge in [0.15, 0.2) is 0 Å². The topological polar surface area (TPSA) is 71.2 Å². The number of azo groups is 1. The van der Waals surface area contributed by atoms with E-state index in [1.807, 2.05) is 26.0 Å². The summed E-state index contributed by atoms with van der Waals surface area (Å²) in [4.78, 5) is 11.3. The third-order valence-electron chi connectivity index (χ3n) is 2.33. The molecule has 0 aliphatic carbocycles. The summed E-state index contributed by atoms with van der Waals surface area (Å²) in [5, 5.41) is 17.0. The first kappa shape index (κ1) is 13.9. The molecule has 0 atom stereocenters. The number of aryl methyl sites for hydroxylation is 2. The van der Waals surface area contributed by atoms with Gasteiger partial charge in [0, 0.05) is 0 Å². The number of allylic oxidation sites excluding steroid dienone is 1. The fourth-order valence-corrected chi connectivity index (χ4v) is 1.38. The lowest BCUT2D eigenvalue weighted by Gasteiger charge is -2.02. The smallest absolute Gasteiger partial charge is 0.362 e. The quantitative estimate of drug-likeness (QED) is 0.386. The van der Waals surface area contributed by atoms with Crippen LogP contribution in [0.1, 0.15) is 18.1 Å². The molecule has 5 heteroatoms. The monoisotopic (exact) mass is 248 g/mol. The van der Waals surface area contributed by atoms with Crippen molar-refractivity contribution in [1.29, 1.82) is 0 Å². The van der Waals surface area contributed by atoms with Crippen LogP contribution in [0.5, 0.6) is 0 Å². The van der Waals surface area contributed by atoms with Crippen molar-refractivity contribution in [3.05, 3.63) is 40.8 Å². The van der Waals surface area contributed by atoms with Crippen LogP contribution in [-0.4, -0.2) is 18.2 Å². The maximum atomic E-state index is 11.3. The first-order chi connectivity index (χ1) is 8.45. The number of carbonyl (C=O) groups excluding carboxylic acids is 1. The van der Waals surface area contributed by atoms with Crippen molar-refractivity contribution >= 4 is 11.7 Å². The van der Waals surface area contributed by atoms with Crippen LogP contribution in [0, 0.1) is 13.8 Å². The van der Waals surface area contributed by atoms with Crippen molar-refractivity contribution in [2.75, 3.05) is 7.11 Å². The number of hydrogen-bond donors (Lipinski definition) is 1. The summed E-state index contributed by atoms with van der Waals surface area (Å²) in [6.07, 6.45) is 0. The van der Waals surface area contributed by atoms with E-state index in [1.54, 1.807) is 6.07 Å². The van der Waals surface area contributed by atoms with Crippen LogP contribution in [0.2, 0.25) is 0 Å². The predicted molar refractivity (Wildman–Crippen MR) is 67.8 cm³/mol. The number of rotatable bonds is 3. The summed E-state index contributed by atoms with van der Waals surface area (Å²) in [6.45, 7) is 5.23. The number of nitrogens with zero attached hydrogens (tertiary/aromatic N) is 2. The zero-order chi connectivity index (χ0) is 13.7. The molecular weight excluding hydrogens is 232 g/mol. The lowest BCUT2D eigenvalue weighted by Crippen LogP contribution is -2.04. The lowest BCUT2D eigenvalue weighted by molar-refractivity contribution is -0.136. The van der Waals surface area contributed by atoms with Crippen molar-refractivity contribution in [2.24, 2.45) is 10.2 Å². The van der Waals surface area contributed by atoms with E-state index >= 15 is 0 Å². The average molecular weight is 248 g/mol. The first-order valence-corrected chi connectivity index (χ1v) is 5.43. The molecule has 18 heavy (non-hydrogen) atoms. The van der Waals surface area contributed by atoms with Gasteiger partial charge in [-0.05, 0) is 32.4 Å². The number of benzene rings is 1. The molecule has 0 aliphatic rings. The zero-order valence-corrected chi connectivity index (χ0v) is 10.9. The Bertz CT molecular complexity index is 515. The van der Waals surface area contributed by atoms with Gasteiger partial charge in [-0.3, -0.25) is 0 Å². The van der Waals surface area contributed by atoms with E-state index in [9.17, 15) is 9.90 Å². The van der Waals surface area contributed by atoms with Crippen LogP contribution in [0.3, 0.4) is 0 Å². The highest BCUT2D eigenvalue weighted by molar-refractivity contribution is 5.88.